The molecular formula is C67H113NO8. The molecule has 76 heavy (non-hydrogen) atoms. The molecular weight excluding hydrogens is 947 g/mol. The monoisotopic (exact) mass is 1060 g/mol. The number of ether oxygens (including phenoxy) is 2. The third kappa shape index (κ3) is 43.6. The highest BCUT2D eigenvalue weighted by atomic mass is 16.7. The molecule has 1 saturated heterocycles. The van der Waals surface area contributed by atoms with E-state index in [4.69, 9.17) is 9.47 Å². The molecule has 9 heteroatoms. The Labute approximate surface area is 465 Å². The minimum absolute atomic E-state index is 0.192. The van der Waals surface area contributed by atoms with Crippen LogP contribution >= 0.6 is 0 Å². The van der Waals surface area contributed by atoms with E-state index in [-0.39, 0.29) is 12.5 Å². The molecule has 1 fully saturated rings. The fourth-order valence-corrected chi connectivity index (χ4v) is 8.95. The number of unbranched alkanes of at least 4 members (excludes halogenated alkanes) is 23. The summed E-state index contributed by atoms with van der Waals surface area (Å²) in [5, 5.41) is 54.4. The normalized spacial score (nSPS) is 19.7. The maximum atomic E-state index is 13.1. The molecule has 1 aliphatic heterocycles. The van der Waals surface area contributed by atoms with Gasteiger partial charge in [0.05, 0.1) is 25.4 Å². The first kappa shape index (κ1) is 70.6. The lowest BCUT2D eigenvalue weighted by Gasteiger charge is -2.40. The van der Waals surface area contributed by atoms with Crippen LogP contribution in [0.5, 0.6) is 0 Å². The van der Waals surface area contributed by atoms with Crippen molar-refractivity contribution >= 4 is 5.91 Å². The number of carbonyl (C=O) groups is 1. The zero-order valence-electron chi connectivity index (χ0n) is 48.2. The Hall–Kier alpha value is -3.41. The van der Waals surface area contributed by atoms with Gasteiger partial charge in [-0.3, -0.25) is 4.79 Å². The van der Waals surface area contributed by atoms with Crippen LogP contribution in [-0.4, -0.2) is 87.5 Å². The smallest absolute Gasteiger partial charge is 0.220 e. The average Bonchev–Trinajstić information content (AvgIpc) is 3.42. The fourth-order valence-electron chi connectivity index (χ4n) is 8.95. The molecule has 9 nitrogen and oxygen atoms in total. The van der Waals surface area contributed by atoms with Gasteiger partial charge in [0, 0.05) is 6.42 Å². The second kappa shape index (κ2) is 54.9. The molecule has 1 amide bonds. The molecule has 0 aromatic rings. The van der Waals surface area contributed by atoms with Crippen molar-refractivity contribution in [3.8, 4) is 0 Å². The van der Waals surface area contributed by atoms with Crippen molar-refractivity contribution in [1.82, 2.24) is 5.32 Å². The molecule has 0 saturated carbocycles. The average molecular weight is 1060 g/mol. The standard InChI is InChI=1S/C67H113NO8/c1-3-5-7-9-11-13-15-17-19-20-21-22-23-24-25-26-27-28-29-30-31-32-33-34-35-36-37-38-39-40-41-42-43-45-47-49-51-53-55-57-63(71)68-60(59-75-67-66(74)65(73)64(72)62(58-69)76-67)61(70)56-54-52-50-48-46-44-18-16-14-12-10-8-6-4-2/h5,7,11,13,17,19,21-22,24-25,27-28,30-31,33-34,46,48,54,56,60-62,64-67,69-70,72-74H,3-4,6,8-10,12,14-16,18,20,23,26,29,32,35-45,47,49-53,55,57-59H2,1-2H3,(H,68,71)/b7-5-,13-11-,19-17-,22-21-,25-24-,28-27-,31-30-,34-33-,48-46+,56-54+. The Bertz CT molecular complexity index is 1610. The van der Waals surface area contributed by atoms with E-state index in [1.807, 2.05) is 6.08 Å². The highest BCUT2D eigenvalue weighted by Crippen LogP contribution is 2.23. The molecule has 1 rings (SSSR count). The van der Waals surface area contributed by atoms with E-state index in [0.29, 0.717) is 6.42 Å². The Morgan fingerprint density at radius 3 is 1.26 bits per heavy atom. The van der Waals surface area contributed by atoms with Crippen molar-refractivity contribution in [3.63, 3.8) is 0 Å². The molecule has 7 atom stereocenters. The number of aliphatic hydroxyl groups excluding tert-OH is 5. The van der Waals surface area contributed by atoms with Gasteiger partial charge in [-0.05, 0) is 96.3 Å². The number of hydrogen-bond donors (Lipinski definition) is 6. The van der Waals surface area contributed by atoms with E-state index in [0.717, 1.165) is 89.9 Å². The summed E-state index contributed by atoms with van der Waals surface area (Å²) < 4.78 is 11.2. The lowest BCUT2D eigenvalue weighted by Crippen LogP contribution is -2.60. The van der Waals surface area contributed by atoms with Gasteiger partial charge in [0.15, 0.2) is 6.29 Å². The lowest BCUT2D eigenvalue weighted by molar-refractivity contribution is -0.302. The van der Waals surface area contributed by atoms with Gasteiger partial charge in [0.1, 0.15) is 24.4 Å². The van der Waals surface area contributed by atoms with Crippen molar-refractivity contribution in [1.29, 1.82) is 0 Å². The minimum Gasteiger partial charge on any atom is -0.394 e. The SMILES string of the molecule is CC/C=C\C/C=C\C/C=C\C/C=C\C/C=C\C/C=C\C/C=C\C/C=C\CCCCCCCCCCCCCCCCC(=O)NC(COC1OC(CO)C(O)C(O)C1O)C(O)/C=C/CC/C=C/CCCCCCCCCC. The van der Waals surface area contributed by atoms with E-state index in [2.05, 4.69) is 129 Å². The highest BCUT2D eigenvalue weighted by Gasteiger charge is 2.44. The highest BCUT2D eigenvalue weighted by molar-refractivity contribution is 5.76. The van der Waals surface area contributed by atoms with Crippen LogP contribution in [0.2, 0.25) is 0 Å². The maximum absolute atomic E-state index is 13.1. The van der Waals surface area contributed by atoms with Gasteiger partial charge in [0.2, 0.25) is 5.91 Å². The van der Waals surface area contributed by atoms with Crippen LogP contribution < -0.4 is 5.32 Å². The lowest BCUT2D eigenvalue weighted by atomic mass is 9.99. The molecule has 434 valence electrons. The zero-order chi connectivity index (χ0) is 55.0. The first-order valence-electron chi connectivity index (χ1n) is 30.8. The summed E-state index contributed by atoms with van der Waals surface area (Å²) in [6, 6.07) is -0.828. The molecule has 0 aromatic carbocycles. The van der Waals surface area contributed by atoms with Gasteiger partial charge >= 0.3 is 0 Å². The summed E-state index contributed by atoms with van der Waals surface area (Å²) in [6.45, 7) is 3.63. The van der Waals surface area contributed by atoms with Crippen molar-refractivity contribution in [2.24, 2.45) is 0 Å². The van der Waals surface area contributed by atoms with Gasteiger partial charge in [-0.1, -0.05) is 257 Å². The molecule has 1 aliphatic rings. The van der Waals surface area contributed by atoms with Gasteiger partial charge in [-0.15, -0.1) is 0 Å². The predicted molar refractivity (Wildman–Crippen MR) is 322 cm³/mol. The number of allylic oxidation sites excluding steroid dienone is 19. The number of nitrogens with one attached hydrogen (secondary N) is 1. The number of hydrogen-bond acceptors (Lipinski definition) is 8. The van der Waals surface area contributed by atoms with E-state index in [9.17, 15) is 30.3 Å². The minimum atomic E-state index is -1.58. The first-order chi connectivity index (χ1) is 37.3. The number of aliphatic hydroxyl groups is 5. The molecule has 0 spiro atoms. The van der Waals surface area contributed by atoms with E-state index in [1.54, 1.807) is 6.08 Å². The molecule has 1 heterocycles. The van der Waals surface area contributed by atoms with E-state index < -0.39 is 49.5 Å². The third-order valence-corrected chi connectivity index (χ3v) is 13.8. The molecule has 6 N–H and O–H groups in total. The summed E-state index contributed by atoms with van der Waals surface area (Å²) in [7, 11) is 0. The quantitative estimate of drug-likeness (QED) is 0.0261. The van der Waals surface area contributed by atoms with Crippen molar-refractivity contribution in [3.05, 3.63) is 122 Å². The zero-order valence-corrected chi connectivity index (χ0v) is 48.2. The van der Waals surface area contributed by atoms with Crippen LogP contribution in [0.4, 0.5) is 0 Å². The Morgan fingerprint density at radius 1 is 0.461 bits per heavy atom. The van der Waals surface area contributed by atoms with Crippen LogP contribution in [0, 0.1) is 0 Å². The van der Waals surface area contributed by atoms with Crippen molar-refractivity contribution in [2.75, 3.05) is 13.2 Å². The molecule has 7 unspecified atom stereocenters. The number of rotatable bonds is 51. The second-order valence-electron chi connectivity index (χ2n) is 20.8. The summed E-state index contributed by atoms with van der Waals surface area (Å²) in [6.07, 6.45) is 75.7. The summed E-state index contributed by atoms with van der Waals surface area (Å²) >= 11 is 0. The third-order valence-electron chi connectivity index (χ3n) is 13.8. The number of carbonyl (C=O) groups excluding carboxylic acids is 1. The van der Waals surface area contributed by atoms with Crippen LogP contribution in [0.15, 0.2) is 122 Å². The van der Waals surface area contributed by atoms with Gasteiger partial charge in [0.25, 0.3) is 0 Å². The van der Waals surface area contributed by atoms with Crippen LogP contribution in [0.1, 0.15) is 239 Å². The number of amides is 1. The summed E-state index contributed by atoms with van der Waals surface area (Å²) in [5.41, 5.74) is 0. The van der Waals surface area contributed by atoms with E-state index in [1.165, 1.54) is 128 Å². The Morgan fingerprint density at radius 2 is 0.829 bits per heavy atom. The van der Waals surface area contributed by atoms with E-state index >= 15 is 0 Å². The first-order valence-corrected chi connectivity index (χ1v) is 30.8. The van der Waals surface area contributed by atoms with Crippen LogP contribution in [0.3, 0.4) is 0 Å². The molecule has 0 aliphatic carbocycles. The second-order valence-corrected chi connectivity index (χ2v) is 20.8. The van der Waals surface area contributed by atoms with Gasteiger partial charge < -0.3 is 40.3 Å². The molecule has 0 bridgehead atoms. The molecule has 0 aromatic heterocycles. The largest absolute Gasteiger partial charge is 0.394 e. The fraction of sp³-hybridized carbons (Fsp3) is 0.687. The van der Waals surface area contributed by atoms with Gasteiger partial charge in [-0.25, -0.2) is 0 Å². The van der Waals surface area contributed by atoms with Crippen molar-refractivity contribution in [2.45, 2.75) is 281 Å². The Balaban J connectivity index is 2.12. The Kier molecular flexibility index (Phi) is 51.0. The van der Waals surface area contributed by atoms with Crippen LogP contribution in [0.25, 0.3) is 0 Å². The molecule has 0 radical (unpaired) electrons. The van der Waals surface area contributed by atoms with Crippen LogP contribution in [-0.2, 0) is 14.3 Å². The summed E-state index contributed by atoms with van der Waals surface area (Å²) in [5.74, 6) is -0.192. The topological polar surface area (TPSA) is 149 Å². The predicted octanol–water partition coefficient (Wildman–Crippen LogP) is 15.9. The van der Waals surface area contributed by atoms with Gasteiger partial charge in [-0.2, -0.15) is 0 Å². The summed E-state index contributed by atoms with van der Waals surface area (Å²) in [4.78, 5) is 13.1. The maximum Gasteiger partial charge on any atom is 0.220 e. The van der Waals surface area contributed by atoms with Crippen molar-refractivity contribution < 1.29 is 39.8 Å².